The van der Waals surface area contributed by atoms with Gasteiger partial charge in [0.15, 0.2) is 6.79 Å². The molecular weight excluding hydrogens is 332 g/mol. The van der Waals surface area contributed by atoms with Crippen molar-refractivity contribution in [3.8, 4) is 16.9 Å². The quantitative estimate of drug-likeness (QED) is 0.668. The molecule has 108 valence electrons. The van der Waals surface area contributed by atoms with Crippen molar-refractivity contribution in [1.82, 2.24) is 9.61 Å². The maximum atomic E-state index is 5.55. The van der Waals surface area contributed by atoms with Crippen LogP contribution >= 0.6 is 15.9 Å². The predicted molar refractivity (Wildman–Crippen MR) is 85.6 cm³/mol. The van der Waals surface area contributed by atoms with Crippen LogP contribution in [0.5, 0.6) is 5.75 Å². The van der Waals surface area contributed by atoms with E-state index in [1.165, 1.54) is 0 Å². The van der Waals surface area contributed by atoms with Crippen LogP contribution in [0.4, 0.5) is 0 Å². The van der Waals surface area contributed by atoms with Crippen LogP contribution in [0, 0.1) is 6.92 Å². The highest BCUT2D eigenvalue weighted by atomic mass is 79.9. The molecule has 1 aromatic carbocycles. The molecule has 2 aromatic heterocycles. The third kappa shape index (κ3) is 2.94. The Hall–Kier alpha value is -1.85. The maximum Gasteiger partial charge on any atom is 0.188 e. The van der Waals surface area contributed by atoms with Crippen LogP contribution in [-0.2, 0) is 4.74 Å². The average Bonchev–Trinajstić information content (AvgIpc) is 2.85. The number of methoxy groups -OCH3 is 1. The minimum Gasteiger partial charge on any atom is -0.466 e. The van der Waals surface area contributed by atoms with E-state index in [0.717, 1.165) is 32.6 Å². The lowest BCUT2D eigenvalue weighted by Crippen LogP contribution is -1.99. The van der Waals surface area contributed by atoms with Gasteiger partial charge in [0.25, 0.3) is 0 Å². The maximum absolute atomic E-state index is 5.55. The SMILES string of the molecule is COCOc1cc(-c2ccn3nc(C)cc3c2)ccc1Br. The Bertz CT molecular complexity index is 783. The molecule has 0 amide bonds. The Labute approximate surface area is 131 Å². The predicted octanol–water partition coefficient (Wildman–Crippen LogP) is 4.05. The first-order chi connectivity index (χ1) is 10.2. The number of aromatic nitrogens is 2. The van der Waals surface area contributed by atoms with Crippen molar-refractivity contribution >= 4 is 21.4 Å². The minimum atomic E-state index is 0.225. The van der Waals surface area contributed by atoms with Gasteiger partial charge in [-0.2, -0.15) is 5.10 Å². The van der Waals surface area contributed by atoms with Crippen LogP contribution < -0.4 is 4.74 Å². The molecule has 0 fully saturated rings. The van der Waals surface area contributed by atoms with Crippen LogP contribution in [0.25, 0.3) is 16.6 Å². The van der Waals surface area contributed by atoms with Gasteiger partial charge in [0.2, 0.25) is 0 Å². The second kappa shape index (κ2) is 5.87. The number of nitrogens with zero attached hydrogens (tertiary/aromatic N) is 2. The first kappa shape index (κ1) is 14.1. The van der Waals surface area contributed by atoms with Gasteiger partial charge < -0.3 is 9.47 Å². The fraction of sp³-hybridized carbons (Fsp3) is 0.188. The number of hydrogen-bond donors (Lipinski definition) is 0. The molecule has 0 atom stereocenters. The van der Waals surface area contributed by atoms with Crippen LogP contribution in [-0.4, -0.2) is 23.5 Å². The van der Waals surface area contributed by atoms with Gasteiger partial charge in [0.1, 0.15) is 5.75 Å². The number of halogens is 1. The average molecular weight is 347 g/mol. The van der Waals surface area contributed by atoms with Crippen molar-refractivity contribution in [3.05, 3.63) is 52.8 Å². The Morgan fingerprint density at radius 1 is 1.14 bits per heavy atom. The number of ether oxygens (including phenoxy) is 2. The summed E-state index contributed by atoms with van der Waals surface area (Å²) in [7, 11) is 1.60. The minimum absolute atomic E-state index is 0.225. The highest BCUT2D eigenvalue weighted by Crippen LogP contribution is 2.31. The van der Waals surface area contributed by atoms with Crippen molar-refractivity contribution in [2.45, 2.75) is 6.92 Å². The number of pyridine rings is 1. The zero-order valence-corrected chi connectivity index (χ0v) is 13.4. The molecule has 0 spiro atoms. The summed E-state index contributed by atoms with van der Waals surface area (Å²) in [6, 6.07) is 12.2. The van der Waals surface area contributed by atoms with Crippen molar-refractivity contribution in [2.24, 2.45) is 0 Å². The number of hydrogen-bond acceptors (Lipinski definition) is 3. The largest absolute Gasteiger partial charge is 0.466 e. The molecular formula is C16H15BrN2O2. The molecule has 0 radical (unpaired) electrons. The van der Waals surface area contributed by atoms with E-state index in [-0.39, 0.29) is 6.79 Å². The summed E-state index contributed by atoms with van der Waals surface area (Å²) in [6.07, 6.45) is 1.97. The number of fused-ring (bicyclic) bond motifs is 1. The summed E-state index contributed by atoms with van der Waals surface area (Å²) < 4.78 is 13.3. The van der Waals surface area contributed by atoms with Gasteiger partial charge in [-0.25, -0.2) is 4.52 Å². The Balaban J connectivity index is 2.00. The second-order valence-electron chi connectivity index (χ2n) is 4.77. The molecule has 2 heterocycles. The van der Waals surface area contributed by atoms with Gasteiger partial charge in [-0.3, -0.25) is 0 Å². The van der Waals surface area contributed by atoms with Gasteiger partial charge in [-0.05, 0) is 64.3 Å². The fourth-order valence-electron chi connectivity index (χ4n) is 2.22. The molecule has 0 saturated carbocycles. The smallest absolute Gasteiger partial charge is 0.188 e. The van der Waals surface area contributed by atoms with Crippen molar-refractivity contribution in [3.63, 3.8) is 0 Å². The monoisotopic (exact) mass is 346 g/mol. The summed E-state index contributed by atoms with van der Waals surface area (Å²) in [4.78, 5) is 0. The molecule has 0 aliphatic heterocycles. The lowest BCUT2D eigenvalue weighted by molar-refractivity contribution is 0.0506. The summed E-state index contributed by atoms with van der Waals surface area (Å²) in [5.74, 6) is 0.763. The zero-order chi connectivity index (χ0) is 14.8. The van der Waals surface area contributed by atoms with Crippen LogP contribution in [0.15, 0.2) is 47.1 Å². The molecule has 0 bridgehead atoms. The molecule has 0 aliphatic carbocycles. The molecule has 0 unspecified atom stereocenters. The summed E-state index contributed by atoms with van der Waals surface area (Å²) in [5, 5.41) is 4.39. The van der Waals surface area contributed by atoms with E-state index in [1.807, 2.05) is 35.8 Å². The van der Waals surface area contributed by atoms with Gasteiger partial charge in [0.05, 0.1) is 15.7 Å². The highest BCUT2D eigenvalue weighted by molar-refractivity contribution is 9.10. The van der Waals surface area contributed by atoms with Crippen LogP contribution in [0.1, 0.15) is 5.69 Å². The van der Waals surface area contributed by atoms with Crippen molar-refractivity contribution in [2.75, 3.05) is 13.9 Å². The molecule has 4 nitrogen and oxygen atoms in total. The van der Waals surface area contributed by atoms with Crippen molar-refractivity contribution < 1.29 is 9.47 Å². The lowest BCUT2D eigenvalue weighted by Gasteiger charge is -2.09. The van der Waals surface area contributed by atoms with E-state index in [4.69, 9.17) is 9.47 Å². The lowest BCUT2D eigenvalue weighted by atomic mass is 10.1. The molecule has 0 N–H and O–H groups in total. The first-order valence-electron chi connectivity index (χ1n) is 6.55. The van der Waals surface area contributed by atoms with Gasteiger partial charge in [0, 0.05) is 13.3 Å². The number of benzene rings is 1. The van der Waals surface area contributed by atoms with Gasteiger partial charge in [-0.15, -0.1) is 0 Å². The number of aryl methyl sites for hydroxylation is 1. The van der Waals surface area contributed by atoms with Crippen LogP contribution in [0.2, 0.25) is 0 Å². The molecule has 0 saturated heterocycles. The first-order valence-corrected chi connectivity index (χ1v) is 7.34. The van der Waals surface area contributed by atoms with E-state index in [9.17, 15) is 0 Å². The molecule has 5 heteroatoms. The molecule has 3 rings (SSSR count). The van der Waals surface area contributed by atoms with Gasteiger partial charge >= 0.3 is 0 Å². The van der Waals surface area contributed by atoms with E-state index >= 15 is 0 Å². The normalized spacial score (nSPS) is 11.0. The molecule has 0 aliphatic rings. The Morgan fingerprint density at radius 3 is 2.76 bits per heavy atom. The Kier molecular flexibility index (Phi) is 3.94. The van der Waals surface area contributed by atoms with E-state index in [1.54, 1.807) is 7.11 Å². The third-order valence-corrected chi connectivity index (χ3v) is 3.84. The van der Waals surface area contributed by atoms with Gasteiger partial charge in [-0.1, -0.05) is 6.07 Å². The fourth-order valence-corrected chi connectivity index (χ4v) is 2.58. The summed E-state index contributed by atoms with van der Waals surface area (Å²) in [6.45, 7) is 2.21. The topological polar surface area (TPSA) is 35.8 Å². The van der Waals surface area contributed by atoms with Crippen molar-refractivity contribution in [1.29, 1.82) is 0 Å². The highest BCUT2D eigenvalue weighted by Gasteiger charge is 2.06. The standard InChI is InChI=1S/C16H15BrN2O2/c1-11-7-14-8-13(5-6-19(14)18-11)12-3-4-15(17)16(9-12)21-10-20-2/h3-9H,10H2,1-2H3. The van der Waals surface area contributed by atoms with E-state index < -0.39 is 0 Å². The molecule has 21 heavy (non-hydrogen) atoms. The zero-order valence-electron chi connectivity index (χ0n) is 11.8. The van der Waals surface area contributed by atoms with E-state index in [2.05, 4.69) is 39.2 Å². The van der Waals surface area contributed by atoms with E-state index in [0.29, 0.717) is 0 Å². The molecule has 3 aromatic rings. The third-order valence-electron chi connectivity index (χ3n) is 3.18. The Morgan fingerprint density at radius 2 is 1.95 bits per heavy atom. The van der Waals surface area contributed by atoms with Crippen LogP contribution in [0.3, 0.4) is 0 Å². The summed E-state index contributed by atoms with van der Waals surface area (Å²) >= 11 is 3.48. The second-order valence-corrected chi connectivity index (χ2v) is 5.62. The summed E-state index contributed by atoms with van der Waals surface area (Å²) in [5.41, 5.74) is 4.29. The number of rotatable bonds is 4.